The highest BCUT2D eigenvalue weighted by Gasteiger charge is 2.13. The maximum atomic E-state index is 12.0. The minimum atomic E-state index is -0.866. The van der Waals surface area contributed by atoms with Gasteiger partial charge in [0.25, 0.3) is 0 Å². The van der Waals surface area contributed by atoms with Gasteiger partial charge in [-0.25, -0.2) is 5.43 Å². The SMILES string of the molecule is CCOc1cc(/C=N\NC(=O)C(=O)NCc2ccc(C)cc2)ccc1OCc1c(Cl)cccc1Cl. The Labute approximate surface area is 214 Å². The molecule has 0 fully saturated rings. The Morgan fingerprint density at radius 2 is 1.66 bits per heavy atom. The molecule has 0 bridgehead atoms. The summed E-state index contributed by atoms with van der Waals surface area (Å²) in [5.41, 5.74) is 5.53. The first-order chi connectivity index (χ1) is 16.9. The van der Waals surface area contributed by atoms with Crippen molar-refractivity contribution in [2.45, 2.75) is 27.0 Å². The van der Waals surface area contributed by atoms with E-state index in [0.29, 0.717) is 39.3 Å². The summed E-state index contributed by atoms with van der Waals surface area (Å²) in [6.07, 6.45) is 1.41. The predicted molar refractivity (Wildman–Crippen MR) is 137 cm³/mol. The summed E-state index contributed by atoms with van der Waals surface area (Å²) in [5.74, 6) is -0.657. The molecule has 2 amide bonds. The zero-order valence-electron chi connectivity index (χ0n) is 19.3. The maximum absolute atomic E-state index is 12.0. The number of aryl methyl sites for hydroxylation is 1. The lowest BCUT2D eigenvalue weighted by molar-refractivity contribution is -0.139. The zero-order chi connectivity index (χ0) is 25.2. The molecule has 3 aromatic carbocycles. The van der Waals surface area contributed by atoms with Gasteiger partial charge in [-0.05, 0) is 55.3 Å². The molecule has 2 N–H and O–H groups in total. The highest BCUT2D eigenvalue weighted by Crippen LogP contribution is 2.31. The van der Waals surface area contributed by atoms with Gasteiger partial charge in [-0.15, -0.1) is 0 Å². The number of carbonyl (C=O) groups is 2. The quantitative estimate of drug-likeness (QED) is 0.238. The molecule has 0 radical (unpaired) electrons. The largest absolute Gasteiger partial charge is 0.490 e. The molecule has 0 aliphatic heterocycles. The van der Waals surface area contributed by atoms with Crippen LogP contribution < -0.4 is 20.2 Å². The predicted octanol–water partition coefficient (Wildman–Crippen LogP) is 5.05. The molecule has 0 spiro atoms. The number of ether oxygens (including phenoxy) is 2. The third-order valence-corrected chi connectivity index (χ3v) is 5.57. The molecule has 3 aromatic rings. The molecular weight excluding hydrogens is 489 g/mol. The van der Waals surface area contributed by atoms with Gasteiger partial charge in [0.05, 0.1) is 12.8 Å². The first-order valence-electron chi connectivity index (χ1n) is 10.9. The molecule has 0 aliphatic rings. The number of carbonyl (C=O) groups excluding carboxylic acids is 2. The number of amides is 2. The third-order valence-electron chi connectivity index (χ3n) is 4.86. The highest BCUT2D eigenvalue weighted by molar-refractivity contribution is 6.36. The molecule has 9 heteroatoms. The summed E-state index contributed by atoms with van der Waals surface area (Å²) in [5, 5.41) is 7.44. The van der Waals surface area contributed by atoms with Crippen LogP contribution in [0.3, 0.4) is 0 Å². The fourth-order valence-electron chi connectivity index (χ4n) is 3.00. The van der Waals surface area contributed by atoms with E-state index in [9.17, 15) is 9.59 Å². The van der Waals surface area contributed by atoms with Gasteiger partial charge in [0.15, 0.2) is 11.5 Å². The number of hydrogen-bond acceptors (Lipinski definition) is 5. The standard InChI is InChI=1S/C26H25Cl2N3O4/c1-3-34-24-13-19(11-12-23(24)35-16-20-21(27)5-4-6-22(20)28)15-30-31-26(33)25(32)29-14-18-9-7-17(2)8-10-18/h4-13,15H,3,14,16H2,1-2H3,(H,29,32)(H,31,33)/b30-15-. The van der Waals surface area contributed by atoms with Gasteiger partial charge in [-0.1, -0.05) is 59.1 Å². The summed E-state index contributed by atoms with van der Waals surface area (Å²) in [4.78, 5) is 24.0. The van der Waals surface area contributed by atoms with Crippen LogP contribution in [0.25, 0.3) is 0 Å². The number of halogens is 2. The monoisotopic (exact) mass is 513 g/mol. The van der Waals surface area contributed by atoms with Gasteiger partial charge in [0.2, 0.25) is 0 Å². The lowest BCUT2D eigenvalue weighted by Crippen LogP contribution is -2.37. The van der Waals surface area contributed by atoms with E-state index in [4.69, 9.17) is 32.7 Å². The highest BCUT2D eigenvalue weighted by atomic mass is 35.5. The number of nitrogens with one attached hydrogen (secondary N) is 2. The second-order valence-electron chi connectivity index (χ2n) is 7.50. The average molecular weight is 514 g/mol. The summed E-state index contributed by atoms with van der Waals surface area (Å²) in [6.45, 7) is 4.66. The van der Waals surface area contributed by atoms with Crippen molar-refractivity contribution >= 4 is 41.2 Å². The molecule has 0 aromatic heterocycles. The Balaban J connectivity index is 1.57. The van der Waals surface area contributed by atoms with E-state index in [1.807, 2.05) is 38.1 Å². The van der Waals surface area contributed by atoms with E-state index < -0.39 is 11.8 Å². The Kier molecular flexibility index (Phi) is 9.52. The van der Waals surface area contributed by atoms with E-state index in [1.54, 1.807) is 36.4 Å². The molecule has 182 valence electrons. The smallest absolute Gasteiger partial charge is 0.329 e. The molecule has 0 atom stereocenters. The van der Waals surface area contributed by atoms with Gasteiger partial charge in [-0.3, -0.25) is 9.59 Å². The lowest BCUT2D eigenvalue weighted by Gasteiger charge is -2.14. The van der Waals surface area contributed by atoms with Crippen molar-refractivity contribution in [1.29, 1.82) is 0 Å². The molecule has 7 nitrogen and oxygen atoms in total. The summed E-state index contributed by atoms with van der Waals surface area (Å²) >= 11 is 12.4. The molecule has 0 saturated carbocycles. The van der Waals surface area contributed by atoms with Crippen LogP contribution in [0.2, 0.25) is 10.0 Å². The van der Waals surface area contributed by atoms with Crippen molar-refractivity contribution in [3.8, 4) is 11.5 Å². The van der Waals surface area contributed by atoms with Gasteiger partial charge in [0.1, 0.15) is 6.61 Å². The lowest BCUT2D eigenvalue weighted by atomic mass is 10.1. The van der Waals surface area contributed by atoms with Crippen LogP contribution in [0.1, 0.15) is 29.2 Å². The Bertz CT molecular complexity index is 1190. The van der Waals surface area contributed by atoms with Crippen molar-refractivity contribution in [1.82, 2.24) is 10.7 Å². The molecule has 0 unspecified atom stereocenters. The van der Waals surface area contributed by atoms with Crippen molar-refractivity contribution in [2.24, 2.45) is 5.10 Å². The van der Waals surface area contributed by atoms with Gasteiger partial charge >= 0.3 is 11.8 Å². The summed E-state index contributed by atoms with van der Waals surface area (Å²) < 4.78 is 11.5. The topological polar surface area (TPSA) is 89.0 Å². The van der Waals surface area contributed by atoms with E-state index in [2.05, 4.69) is 15.8 Å². The van der Waals surface area contributed by atoms with Crippen LogP contribution in [-0.4, -0.2) is 24.6 Å². The normalized spacial score (nSPS) is 10.7. The fraction of sp³-hybridized carbons (Fsp3) is 0.192. The summed E-state index contributed by atoms with van der Waals surface area (Å²) in [7, 11) is 0. The fourth-order valence-corrected chi connectivity index (χ4v) is 3.50. The molecule has 0 aliphatic carbocycles. The Hall–Kier alpha value is -3.55. The van der Waals surface area contributed by atoms with Crippen LogP contribution >= 0.6 is 23.2 Å². The van der Waals surface area contributed by atoms with Crippen LogP contribution in [0.4, 0.5) is 0 Å². The van der Waals surface area contributed by atoms with Crippen molar-refractivity contribution in [3.05, 3.63) is 93.0 Å². The molecule has 3 rings (SSSR count). The van der Waals surface area contributed by atoms with E-state index >= 15 is 0 Å². The first kappa shape index (κ1) is 26.1. The van der Waals surface area contributed by atoms with Crippen LogP contribution in [-0.2, 0) is 22.7 Å². The number of rotatable bonds is 9. The molecule has 0 heterocycles. The van der Waals surface area contributed by atoms with E-state index in [1.165, 1.54) is 6.21 Å². The van der Waals surface area contributed by atoms with Crippen molar-refractivity contribution in [3.63, 3.8) is 0 Å². The second-order valence-corrected chi connectivity index (χ2v) is 8.31. The number of hydrogen-bond donors (Lipinski definition) is 2. The Morgan fingerprint density at radius 1 is 0.943 bits per heavy atom. The van der Waals surface area contributed by atoms with Crippen molar-refractivity contribution < 1.29 is 19.1 Å². The Morgan fingerprint density at radius 3 is 2.34 bits per heavy atom. The van der Waals surface area contributed by atoms with Gasteiger partial charge < -0.3 is 14.8 Å². The zero-order valence-corrected chi connectivity index (χ0v) is 20.8. The number of benzene rings is 3. The minimum Gasteiger partial charge on any atom is -0.490 e. The first-order valence-corrected chi connectivity index (χ1v) is 11.6. The van der Waals surface area contributed by atoms with Crippen LogP contribution in [0.5, 0.6) is 11.5 Å². The average Bonchev–Trinajstić information content (AvgIpc) is 2.84. The van der Waals surface area contributed by atoms with Gasteiger partial charge in [0, 0.05) is 22.2 Å². The minimum absolute atomic E-state index is 0.166. The molecular formula is C26H25Cl2N3O4. The maximum Gasteiger partial charge on any atom is 0.329 e. The molecule has 0 saturated heterocycles. The molecule has 35 heavy (non-hydrogen) atoms. The van der Waals surface area contributed by atoms with Gasteiger partial charge in [-0.2, -0.15) is 5.10 Å². The second kappa shape index (κ2) is 12.8. The number of nitrogens with zero attached hydrogens (tertiary/aromatic N) is 1. The van der Waals surface area contributed by atoms with Crippen LogP contribution in [0.15, 0.2) is 65.8 Å². The number of hydrazone groups is 1. The van der Waals surface area contributed by atoms with E-state index in [0.717, 1.165) is 11.1 Å². The van der Waals surface area contributed by atoms with Crippen LogP contribution in [0, 0.1) is 6.92 Å². The van der Waals surface area contributed by atoms with E-state index in [-0.39, 0.29) is 13.2 Å². The third kappa shape index (κ3) is 7.73. The van der Waals surface area contributed by atoms with Crippen molar-refractivity contribution in [2.75, 3.05) is 6.61 Å². The summed E-state index contributed by atoms with van der Waals surface area (Å²) in [6, 6.07) is 18.1.